The van der Waals surface area contributed by atoms with Crippen LogP contribution in [-0.2, 0) is 7.05 Å². The lowest BCUT2D eigenvalue weighted by Crippen LogP contribution is -2.62. The molecule has 17 heavy (non-hydrogen) atoms. The summed E-state index contributed by atoms with van der Waals surface area (Å²) in [4.78, 5) is 2.47. The Bertz CT molecular complexity index is 392. The Morgan fingerprint density at radius 2 is 2.18 bits per heavy atom. The third kappa shape index (κ3) is 1.95. The lowest BCUT2D eigenvalue weighted by molar-refractivity contribution is 0.275. The van der Waals surface area contributed by atoms with E-state index in [4.69, 9.17) is 0 Å². The maximum absolute atomic E-state index is 4.55. The van der Waals surface area contributed by atoms with Crippen LogP contribution >= 0.6 is 0 Å². The van der Waals surface area contributed by atoms with Crippen LogP contribution in [0.4, 0.5) is 5.82 Å². The molecule has 1 aromatic heterocycles. The van der Waals surface area contributed by atoms with Gasteiger partial charge in [0.05, 0.1) is 0 Å². The predicted molar refractivity (Wildman–Crippen MR) is 69.2 cm³/mol. The first-order valence-electron chi connectivity index (χ1n) is 6.70. The van der Waals surface area contributed by atoms with Crippen molar-refractivity contribution < 1.29 is 0 Å². The summed E-state index contributed by atoms with van der Waals surface area (Å²) in [6.45, 7) is 4.48. The summed E-state index contributed by atoms with van der Waals surface area (Å²) in [6, 6.07) is 2.67. The minimum absolute atomic E-state index is 0.365. The van der Waals surface area contributed by atoms with Gasteiger partial charge in [-0.05, 0) is 19.8 Å². The van der Waals surface area contributed by atoms with Crippen molar-refractivity contribution in [3.8, 4) is 0 Å². The van der Waals surface area contributed by atoms with Gasteiger partial charge in [-0.15, -0.1) is 0 Å². The highest BCUT2D eigenvalue weighted by molar-refractivity contribution is 5.40. The topological polar surface area (TPSA) is 33.1 Å². The van der Waals surface area contributed by atoms with E-state index in [-0.39, 0.29) is 0 Å². The summed E-state index contributed by atoms with van der Waals surface area (Å²) >= 11 is 0. The van der Waals surface area contributed by atoms with Crippen LogP contribution in [0.15, 0.2) is 12.3 Å². The first-order valence-corrected chi connectivity index (χ1v) is 6.70. The van der Waals surface area contributed by atoms with E-state index in [0.717, 1.165) is 18.9 Å². The third-order valence-corrected chi connectivity index (χ3v) is 4.33. The van der Waals surface area contributed by atoms with Crippen molar-refractivity contribution >= 4 is 5.82 Å². The fourth-order valence-electron chi connectivity index (χ4n) is 3.26. The minimum atomic E-state index is 0.365. The molecule has 2 fully saturated rings. The average Bonchev–Trinajstić information content (AvgIpc) is 2.92. The third-order valence-electron chi connectivity index (χ3n) is 4.33. The molecule has 1 N–H and O–H groups in total. The minimum Gasteiger partial charge on any atom is -0.349 e. The van der Waals surface area contributed by atoms with Gasteiger partial charge in [0.15, 0.2) is 5.82 Å². The lowest BCUT2D eigenvalue weighted by Gasteiger charge is -2.45. The van der Waals surface area contributed by atoms with Crippen molar-refractivity contribution in [3.05, 3.63) is 12.3 Å². The summed E-state index contributed by atoms with van der Waals surface area (Å²) < 4.78 is 1.89. The van der Waals surface area contributed by atoms with Crippen LogP contribution in [0.2, 0.25) is 0 Å². The molecule has 1 saturated carbocycles. The van der Waals surface area contributed by atoms with Crippen molar-refractivity contribution in [2.45, 2.75) is 44.2 Å². The Balaban J connectivity index is 1.82. The summed E-state index contributed by atoms with van der Waals surface area (Å²) in [5, 5.41) is 8.33. The molecular weight excluding hydrogens is 212 g/mol. The van der Waals surface area contributed by atoms with E-state index >= 15 is 0 Å². The van der Waals surface area contributed by atoms with Gasteiger partial charge < -0.3 is 10.2 Å². The molecule has 4 heteroatoms. The molecule has 4 nitrogen and oxygen atoms in total. The zero-order valence-electron chi connectivity index (χ0n) is 10.8. The normalized spacial score (nSPS) is 27.9. The number of hydrogen-bond acceptors (Lipinski definition) is 3. The molecule has 0 bridgehead atoms. The smallest absolute Gasteiger partial charge is 0.150 e. The van der Waals surface area contributed by atoms with Crippen molar-refractivity contribution in [1.29, 1.82) is 0 Å². The molecule has 1 atom stereocenters. The van der Waals surface area contributed by atoms with E-state index < -0.39 is 0 Å². The highest BCUT2D eigenvalue weighted by atomic mass is 15.4. The van der Waals surface area contributed by atoms with E-state index in [0.29, 0.717) is 11.6 Å². The molecule has 1 aromatic rings. The second-order valence-electron chi connectivity index (χ2n) is 5.69. The maximum atomic E-state index is 4.55. The fraction of sp³-hybridized carbons (Fsp3) is 0.769. The van der Waals surface area contributed by atoms with Crippen molar-refractivity contribution in [1.82, 2.24) is 15.1 Å². The average molecular weight is 234 g/mol. The quantitative estimate of drug-likeness (QED) is 0.800. The van der Waals surface area contributed by atoms with Gasteiger partial charge in [-0.3, -0.25) is 4.68 Å². The Kier molecular flexibility index (Phi) is 2.62. The van der Waals surface area contributed by atoms with E-state index in [1.165, 1.54) is 25.7 Å². The second kappa shape index (κ2) is 4.02. The summed E-state index contributed by atoms with van der Waals surface area (Å²) in [7, 11) is 1.99. The van der Waals surface area contributed by atoms with Crippen molar-refractivity contribution in [2.24, 2.45) is 7.05 Å². The van der Waals surface area contributed by atoms with Crippen LogP contribution in [-0.4, -0.2) is 34.5 Å². The molecule has 94 valence electrons. The number of nitrogens with one attached hydrogen (secondary N) is 1. The van der Waals surface area contributed by atoms with Crippen LogP contribution in [0.1, 0.15) is 32.6 Å². The first-order chi connectivity index (χ1) is 8.19. The highest BCUT2D eigenvalue weighted by Crippen LogP contribution is 2.34. The van der Waals surface area contributed by atoms with Gasteiger partial charge in [-0.2, -0.15) is 5.10 Å². The zero-order valence-corrected chi connectivity index (χ0v) is 10.8. The van der Waals surface area contributed by atoms with E-state index in [1.54, 1.807) is 0 Å². The second-order valence-corrected chi connectivity index (χ2v) is 5.69. The Hall–Kier alpha value is -1.03. The molecule has 0 aromatic carbocycles. The summed E-state index contributed by atoms with van der Waals surface area (Å²) in [6.07, 6.45) is 7.42. The van der Waals surface area contributed by atoms with E-state index in [2.05, 4.69) is 28.3 Å². The van der Waals surface area contributed by atoms with Gasteiger partial charge in [-0.1, -0.05) is 12.8 Å². The number of anilines is 1. The van der Waals surface area contributed by atoms with Crippen molar-refractivity contribution in [3.63, 3.8) is 0 Å². The first kappa shape index (κ1) is 11.1. The van der Waals surface area contributed by atoms with Crippen molar-refractivity contribution in [2.75, 3.05) is 18.0 Å². The molecule has 2 heterocycles. The molecule has 2 aliphatic rings. The fourth-order valence-corrected chi connectivity index (χ4v) is 3.26. The van der Waals surface area contributed by atoms with Gasteiger partial charge >= 0.3 is 0 Å². The number of aromatic nitrogens is 2. The number of aryl methyl sites for hydroxylation is 1. The molecule has 1 spiro atoms. The molecule has 1 saturated heterocycles. The molecule has 3 rings (SSSR count). The molecular formula is C13H22N4. The van der Waals surface area contributed by atoms with Gasteiger partial charge in [0.25, 0.3) is 0 Å². The molecule has 1 aliphatic heterocycles. The Morgan fingerprint density at radius 1 is 1.41 bits per heavy atom. The Morgan fingerprint density at radius 3 is 2.82 bits per heavy atom. The lowest BCUT2D eigenvalue weighted by atomic mass is 9.92. The standard InChI is InChI=1S/C13H22N4/c1-11-9-14-13(6-3-4-7-13)10-17(11)12-5-8-16(2)15-12/h5,8,11,14H,3-4,6-7,9-10H2,1-2H3. The number of piperazine rings is 1. The molecule has 1 aliphatic carbocycles. The van der Waals surface area contributed by atoms with Gasteiger partial charge in [-0.25, -0.2) is 0 Å². The maximum Gasteiger partial charge on any atom is 0.150 e. The zero-order chi connectivity index (χ0) is 11.9. The number of nitrogens with zero attached hydrogens (tertiary/aromatic N) is 3. The summed E-state index contributed by atoms with van der Waals surface area (Å²) in [5.41, 5.74) is 0.365. The largest absolute Gasteiger partial charge is 0.349 e. The van der Waals surface area contributed by atoms with Crippen LogP contribution < -0.4 is 10.2 Å². The van der Waals surface area contributed by atoms with Gasteiger partial charge in [0, 0.05) is 44.0 Å². The van der Waals surface area contributed by atoms with Gasteiger partial charge in [0.1, 0.15) is 0 Å². The number of rotatable bonds is 1. The Labute approximate surface area is 103 Å². The number of hydrogen-bond donors (Lipinski definition) is 1. The van der Waals surface area contributed by atoms with E-state index in [1.807, 2.05) is 17.9 Å². The SMILES string of the molecule is CC1CNC2(CCCC2)CN1c1ccn(C)n1. The van der Waals surface area contributed by atoms with Crippen LogP contribution in [0.5, 0.6) is 0 Å². The highest BCUT2D eigenvalue weighted by Gasteiger charge is 2.40. The van der Waals surface area contributed by atoms with E-state index in [9.17, 15) is 0 Å². The predicted octanol–water partition coefficient (Wildman–Crippen LogP) is 1.53. The van der Waals surface area contributed by atoms with Gasteiger partial charge in [0.2, 0.25) is 0 Å². The summed E-state index contributed by atoms with van der Waals surface area (Å²) in [5.74, 6) is 1.13. The molecule has 1 unspecified atom stereocenters. The monoisotopic (exact) mass is 234 g/mol. The van der Waals surface area contributed by atoms with Crippen LogP contribution in [0.3, 0.4) is 0 Å². The van der Waals surface area contributed by atoms with Crippen LogP contribution in [0, 0.1) is 0 Å². The van der Waals surface area contributed by atoms with Crippen LogP contribution in [0.25, 0.3) is 0 Å². The molecule has 0 amide bonds. The molecule has 0 radical (unpaired) electrons.